The molecule has 2 rings (SSSR count). The molecule has 0 aliphatic carbocycles. The zero-order valence-electron chi connectivity index (χ0n) is 11.5. The van der Waals surface area contributed by atoms with Gasteiger partial charge in [0.25, 0.3) is 5.91 Å². The molecule has 1 heterocycles. The molecule has 0 bridgehead atoms. The molecule has 0 fully saturated rings. The Labute approximate surface area is 136 Å². The highest BCUT2D eigenvalue weighted by Crippen LogP contribution is 2.23. The largest absolute Gasteiger partial charge is 0.337 e. The molecule has 0 saturated carbocycles. The number of sulfone groups is 1. The number of thiophene rings is 1. The lowest BCUT2D eigenvalue weighted by Crippen LogP contribution is -2.25. The van der Waals surface area contributed by atoms with Crippen molar-refractivity contribution in [2.45, 2.75) is 11.4 Å². The molecule has 0 unspecified atom stereocenters. The third-order valence-electron chi connectivity index (χ3n) is 2.88. The van der Waals surface area contributed by atoms with Crippen LogP contribution in [-0.4, -0.2) is 32.5 Å². The van der Waals surface area contributed by atoms with Gasteiger partial charge in [-0.05, 0) is 46.3 Å². The normalized spacial score (nSPS) is 11.4. The van der Waals surface area contributed by atoms with E-state index >= 15 is 0 Å². The van der Waals surface area contributed by atoms with Gasteiger partial charge in [0.15, 0.2) is 9.84 Å². The van der Waals surface area contributed by atoms with E-state index in [4.69, 9.17) is 0 Å². The molecule has 0 atom stereocenters. The Bertz CT molecular complexity index is 768. The number of halogens is 1. The highest BCUT2D eigenvalue weighted by molar-refractivity contribution is 9.11. The van der Waals surface area contributed by atoms with Gasteiger partial charge >= 0.3 is 0 Å². The van der Waals surface area contributed by atoms with Gasteiger partial charge in [-0.25, -0.2) is 8.42 Å². The molecular weight excluding hydrogens is 374 g/mol. The smallest absolute Gasteiger partial charge is 0.253 e. The van der Waals surface area contributed by atoms with Crippen LogP contribution in [0.15, 0.2) is 45.1 Å². The first-order valence-corrected chi connectivity index (χ1v) is 9.57. The van der Waals surface area contributed by atoms with E-state index in [1.807, 2.05) is 12.1 Å². The van der Waals surface area contributed by atoms with Crippen molar-refractivity contribution in [2.75, 3.05) is 13.3 Å². The zero-order valence-corrected chi connectivity index (χ0v) is 14.8. The van der Waals surface area contributed by atoms with Crippen LogP contribution in [0.5, 0.6) is 0 Å². The first-order valence-electron chi connectivity index (χ1n) is 6.07. The number of rotatable bonds is 4. The third-order valence-corrected chi connectivity index (χ3v) is 5.60. The summed E-state index contributed by atoms with van der Waals surface area (Å²) in [6, 6.07) is 9.99. The summed E-state index contributed by atoms with van der Waals surface area (Å²) in [4.78, 5) is 15.1. The minimum atomic E-state index is -3.31. The zero-order chi connectivity index (χ0) is 15.6. The van der Waals surface area contributed by atoms with Gasteiger partial charge in [-0.1, -0.05) is 6.07 Å². The molecule has 0 spiro atoms. The van der Waals surface area contributed by atoms with Gasteiger partial charge in [-0.2, -0.15) is 0 Å². The second-order valence-electron chi connectivity index (χ2n) is 4.67. The molecule has 21 heavy (non-hydrogen) atoms. The molecule has 1 amide bonds. The standard InChI is InChI=1S/C14H14BrNO3S2/c1-16(9-11-6-7-13(15)20-11)14(17)10-4-3-5-12(8-10)21(2,18)19/h3-8H,9H2,1-2H3. The maximum atomic E-state index is 12.4. The average molecular weight is 388 g/mol. The molecule has 7 heteroatoms. The van der Waals surface area contributed by atoms with Gasteiger partial charge in [0.1, 0.15) is 0 Å². The van der Waals surface area contributed by atoms with Crippen LogP contribution in [-0.2, 0) is 16.4 Å². The third kappa shape index (κ3) is 4.15. The van der Waals surface area contributed by atoms with Crippen molar-refractivity contribution < 1.29 is 13.2 Å². The van der Waals surface area contributed by atoms with Crippen molar-refractivity contribution >= 4 is 43.0 Å². The minimum Gasteiger partial charge on any atom is -0.337 e. The van der Waals surface area contributed by atoms with E-state index in [9.17, 15) is 13.2 Å². The summed E-state index contributed by atoms with van der Waals surface area (Å²) in [6.45, 7) is 0.484. The van der Waals surface area contributed by atoms with E-state index in [0.717, 1.165) is 14.9 Å². The molecule has 1 aromatic heterocycles. The lowest BCUT2D eigenvalue weighted by atomic mass is 10.2. The Morgan fingerprint density at radius 3 is 2.57 bits per heavy atom. The van der Waals surface area contributed by atoms with Crippen molar-refractivity contribution in [2.24, 2.45) is 0 Å². The minimum absolute atomic E-state index is 0.153. The van der Waals surface area contributed by atoms with Gasteiger partial charge < -0.3 is 4.90 Å². The molecule has 112 valence electrons. The summed E-state index contributed by atoms with van der Waals surface area (Å²) >= 11 is 4.95. The number of carbonyl (C=O) groups excluding carboxylic acids is 1. The van der Waals surface area contributed by atoms with E-state index in [1.165, 1.54) is 12.1 Å². The van der Waals surface area contributed by atoms with Crippen molar-refractivity contribution in [1.29, 1.82) is 0 Å². The van der Waals surface area contributed by atoms with Crippen LogP contribution in [0, 0.1) is 0 Å². The molecule has 0 N–H and O–H groups in total. The molecule has 0 radical (unpaired) electrons. The summed E-state index contributed by atoms with van der Waals surface area (Å²) in [5, 5.41) is 0. The van der Waals surface area contributed by atoms with Crippen molar-refractivity contribution in [3.63, 3.8) is 0 Å². The average Bonchev–Trinajstić information content (AvgIpc) is 2.82. The Kier molecular flexibility index (Phi) is 4.85. The molecule has 1 aromatic carbocycles. The van der Waals surface area contributed by atoms with Gasteiger partial charge in [0.2, 0.25) is 0 Å². The number of carbonyl (C=O) groups is 1. The second-order valence-corrected chi connectivity index (χ2v) is 9.23. The van der Waals surface area contributed by atoms with Crippen LogP contribution >= 0.6 is 27.3 Å². The topological polar surface area (TPSA) is 54.5 Å². The lowest BCUT2D eigenvalue weighted by Gasteiger charge is -2.16. The fourth-order valence-corrected chi connectivity index (χ4v) is 4.03. The summed E-state index contributed by atoms with van der Waals surface area (Å²) in [6.07, 6.45) is 1.13. The Balaban J connectivity index is 2.19. The van der Waals surface area contributed by atoms with Crippen molar-refractivity contribution in [1.82, 2.24) is 4.90 Å². The van der Waals surface area contributed by atoms with Crippen molar-refractivity contribution in [3.8, 4) is 0 Å². The lowest BCUT2D eigenvalue weighted by molar-refractivity contribution is 0.0786. The summed E-state index contributed by atoms with van der Waals surface area (Å²) < 4.78 is 24.1. The highest BCUT2D eigenvalue weighted by Gasteiger charge is 2.15. The predicted molar refractivity (Wildman–Crippen MR) is 87.4 cm³/mol. The molecule has 0 aliphatic rings. The summed E-state index contributed by atoms with van der Waals surface area (Å²) in [5.41, 5.74) is 0.371. The summed E-state index contributed by atoms with van der Waals surface area (Å²) in [5.74, 6) is -0.204. The molecule has 4 nitrogen and oxygen atoms in total. The highest BCUT2D eigenvalue weighted by atomic mass is 79.9. The maximum absolute atomic E-state index is 12.4. The van der Waals surface area contributed by atoms with Gasteiger partial charge in [0, 0.05) is 23.7 Å². The van der Waals surface area contributed by atoms with Crippen molar-refractivity contribution in [3.05, 3.63) is 50.6 Å². The second kappa shape index (κ2) is 6.29. The van der Waals surface area contributed by atoms with Gasteiger partial charge in [-0.3, -0.25) is 4.79 Å². The summed E-state index contributed by atoms with van der Waals surface area (Å²) in [7, 11) is -1.62. The number of benzene rings is 1. The molecular formula is C14H14BrNO3S2. The van der Waals surface area contributed by atoms with E-state index in [1.54, 1.807) is 35.4 Å². The van der Waals surface area contributed by atoms with Crippen LogP contribution in [0.2, 0.25) is 0 Å². The number of hydrogen-bond acceptors (Lipinski definition) is 4. The number of hydrogen-bond donors (Lipinski definition) is 0. The van der Waals surface area contributed by atoms with E-state index in [0.29, 0.717) is 12.1 Å². The van der Waals surface area contributed by atoms with Crippen LogP contribution in [0.25, 0.3) is 0 Å². The number of amides is 1. The first-order chi connectivity index (χ1) is 9.77. The van der Waals surface area contributed by atoms with Gasteiger partial charge in [-0.15, -0.1) is 11.3 Å². The SMILES string of the molecule is CN(Cc1ccc(Br)s1)C(=O)c1cccc(S(C)(=O)=O)c1. The number of nitrogens with zero attached hydrogens (tertiary/aromatic N) is 1. The van der Waals surface area contributed by atoms with Crippen LogP contribution in [0.4, 0.5) is 0 Å². The maximum Gasteiger partial charge on any atom is 0.253 e. The van der Waals surface area contributed by atoms with Gasteiger partial charge in [0.05, 0.1) is 15.2 Å². The van der Waals surface area contributed by atoms with E-state index in [-0.39, 0.29) is 10.8 Å². The monoisotopic (exact) mass is 387 g/mol. The van der Waals surface area contributed by atoms with E-state index in [2.05, 4.69) is 15.9 Å². The predicted octanol–water partition coefficient (Wildman–Crippen LogP) is 3.19. The fraction of sp³-hybridized carbons (Fsp3) is 0.214. The van der Waals surface area contributed by atoms with E-state index < -0.39 is 9.84 Å². The fourth-order valence-electron chi connectivity index (χ4n) is 1.82. The van der Waals surface area contributed by atoms with Crippen LogP contribution in [0.1, 0.15) is 15.2 Å². The van der Waals surface area contributed by atoms with Crippen LogP contribution < -0.4 is 0 Å². The van der Waals surface area contributed by atoms with Crippen LogP contribution in [0.3, 0.4) is 0 Å². The molecule has 0 aliphatic heterocycles. The Morgan fingerprint density at radius 1 is 1.29 bits per heavy atom. The first kappa shape index (κ1) is 16.2. The Hall–Kier alpha value is -1.18. The Morgan fingerprint density at radius 2 is 2.00 bits per heavy atom. The quantitative estimate of drug-likeness (QED) is 0.809. The molecule has 2 aromatic rings. The molecule has 0 saturated heterocycles.